The molecule has 5 heterocycles. The van der Waals surface area contributed by atoms with E-state index in [-0.39, 0.29) is 23.5 Å². The van der Waals surface area contributed by atoms with E-state index < -0.39 is 183 Å². The number of primary amides is 1. The minimum Gasteiger partial charge on any atom is -0.504 e. The SMILES string of the molecule is CC(O)C1NC(=O)[C@@H](NC(=O)c2ccc(-c3nnc(-c4ccc(N5CCCCC5)cc4)s3)cc2)CC(O)CNC(=O)C2C(O)C(C)CN2C(=O)C(C(O)CC(N)=O)NC(=O)C(C(O)C(O)c2ccc(O)c(OSOOO)c2)NC(=O)C2CC(O)CN2C1=O. The molecule has 0 radical (unpaired) electrons. The Morgan fingerprint density at radius 3 is 2.03 bits per heavy atom. The van der Waals surface area contributed by atoms with E-state index in [0.717, 1.165) is 72.1 Å². The number of rotatable bonds is 16. The van der Waals surface area contributed by atoms with Crippen LogP contribution in [0.15, 0.2) is 66.7 Å². The van der Waals surface area contributed by atoms with E-state index in [1.807, 2.05) is 24.3 Å². The van der Waals surface area contributed by atoms with Crippen molar-refractivity contribution in [3.8, 4) is 32.6 Å². The molecule has 0 aliphatic carbocycles. The minimum absolute atomic E-state index is 0.000815. The molecule has 13 unspecified atom stereocenters. The molecule has 4 aliphatic rings. The van der Waals surface area contributed by atoms with Crippen LogP contribution in [0.25, 0.3) is 21.1 Å². The van der Waals surface area contributed by atoms with Gasteiger partial charge < -0.3 is 92.1 Å². The van der Waals surface area contributed by atoms with Crippen molar-refractivity contribution in [1.82, 2.24) is 46.6 Å². The number of hydrogen-bond donors (Lipinski definition) is 15. The van der Waals surface area contributed by atoms with Crippen LogP contribution >= 0.6 is 23.7 Å². The predicted molar refractivity (Wildman–Crippen MR) is 308 cm³/mol. The number of piperidine rings is 1. The van der Waals surface area contributed by atoms with Gasteiger partial charge in [0, 0.05) is 73.9 Å². The highest BCUT2D eigenvalue weighted by molar-refractivity contribution is 7.90. The molecule has 8 amide bonds. The molecular formula is C55H69N11O20S2. The van der Waals surface area contributed by atoms with Gasteiger partial charge in [0.25, 0.3) is 18.2 Å². The van der Waals surface area contributed by atoms with Crippen LogP contribution in [-0.4, -0.2) is 219 Å². The molecule has 88 heavy (non-hydrogen) atoms. The topological polar surface area (TPSA) is 468 Å². The number of anilines is 1. The molecule has 0 spiro atoms. The second kappa shape index (κ2) is 29.6. The minimum atomic E-state index is -2.53. The summed E-state index contributed by atoms with van der Waals surface area (Å²) in [6, 6.07) is 4.79. The first-order chi connectivity index (χ1) is 41.9. The van der Waals surface area contributed by atoms with Gasteiger partial charge in [-0.05, 0) is 80.3 Å². The van der Waals surface area contributed by atoms with E-state index in [2.05, 4.69) is 51.1 Å². The smallest absolute Gasteiger partial charge is 0.261 e. The molecule has 16 N–H and O–H groups in total. The van der Waals surface area contributed by atoms with E-state index in [1.54, 1.807) is 12.1 Å². The number of amides is 8. The Bertz CT molecular complexity index is 3160. The first-order valence-electron chi connectivity index (χ1n) is 28.0. The third kappa shape index (κ3) is 15.8. The first-order valence-corrected chi connectivity index (χ1v) is 29.5. The summed E-state index contributed by atoms with van der Waals surface area (Å²) in [6.45, 7) is 2.69. The molecule has 31 nitrogen and oxygen atoms in total. The van der Waals surface area contributed by atoms with Gasteiger partial charge in [0.05, 0.1) is 36.9 Å². The fourth-order valence-corrected chi connectivity index (χ4v) is 12.0. The maximum absolute atomic E-state index is 14.7. The van der Waals surface area contributed by atoms with E-state index in [1.165, 1.54) is 36.8 Å². The average molecular weight is 1270 g/mol. The van der Waals surface area contributed by atoms with Crippen LogP contribution in [0.1, 0.15) is 74.4 Å². The quantitative estimate of drug-likeness (QED) is 0.0234. The normalized spacial score (nSPS) is 26.7. The lowest BCUT2D eigenvalue weighted by atomic mass is 9.96. The number of fused-ring (bicyclic) bond motifs is 2. The Hall–Kier alpha value is -7.67. The molecular weight excluding hydrogens is 1200 g/mol. The van der Waals surface area contributed by atoms with Gasteiger partial charge in [-0.3, -0.25) is 38.4 Å². The van der Waals surface area contributed by atoms with Crippen molar-refractivity contribution in [3.05, 3.63) is 77.9 Å². The lowest BCUT2D eigenvalue weighted by molar-refractivity contribution is -0.433. The maximum atomic E-state index is 14.7. The van der Waals surface area contributed by atoms with E-state index in [0.29, 0.717) is 15.6 Å². The van der Waals surface area contributed by atoms with E-state index in [9.17, 15) is 79.2 Å². The number of carbonyl (C=O) groups excluding carboxylic acids is 8. The largest absolute Gasteiger partial charge is 0.504 e. The number of aromatic hydroxyl groups is 1. The van der Waals surface area contributed by atoms with Gasteiger partial charge in [0.2, 0.25) is 41.4 Å². The molecule has 33 heteroatoms. The van der Waals surface area contributed by atoms with Gasteiger partial charge in [0.15, 0.2) is 11.5 Å². The lowest BCUT2D eigenvalue weighted by Gasteiger charge is -2.34. The van der Waals surface area contributed by atoms with Crippen LogP contribution in [0.4, 0.5) is 5.69 Å². The van der Waals surface area contributed by atoms with Crippen molar-refractivity contribution in [2.75, 3.05) is 37.6 Å². The van der Waals surface area contributed by atoms with Crippen LogP contribution in [-0.2, 0) is 42.9 Å². The zero-order valence-corrected chi connectivity index (χ0v) is 49.0. The van der Waals surface area contributed by atoms with Crippen molar-refractivity contribution in [3.63, 3.8) is 0 Å². The van der Waals surface area contributed by atoms with Gasteiger partial charge in [-0.1, -0.05) is 45.8 Å². The van der Waals surface area contributed by atoms with Crippen molar-refractivity contribution < 1.29 is 98.0 Å². The molecule has 4 fully saturated rings. The second-order valence-corrected chi connectivity index (χ2v) is 23.4. The molecule has 4 aromatic rings. The number of nitrogens with zero attached hydrogens (tertiary/aromatic N) is 5. The number of aliphatic hydroxyl groups excluding tert-OH is 7. The number of phenolic OH excluding ortho intramolecular Hbond substituents is 1. The predicted octanol–water partition coefficient (Wildman–Crippen LogP) is -2.75. The molecule has 8 rings (SSSR count). The summed E-state index contributed by atoms with van der Waals surface area (Å²) in [5, 5.41) is 124. The van der Waals surface area contributed by atoms with Crippen LogP contribution in [0.3, 0.4) is 0 Å². The zero-order chi connectivity index (χ0) is 63.7. The summed E-state index contributed by atoms with van der Waals surface area (Å²) < 4.78 is 9.20. The number of nitrogens with one attached hydrogen (secondary N) is 5. The fraction of sp³-hybridized carbons (Fsp3) is 0.491. The Morgan fingerprint density at radius 1 is 0.773 bits per heavy atom. The molecule has 14 atom stereocenters. The Balaban J connectivity index is 1.10. The summed E-state index contributed by atoms with van der Waals surface area (Å²) in [6.07, 6.45) is -12.6. The molecule has 4 aliphatic heterocycles. The number of β-amino-alcohol motifs (C(OH)–C–C–N with tert-alkyl or cyclic N) is 1. The molecule has 3 aromatic carbocycles. The Kier molecular flexibility index (Phi) is 22.3. The van der Waals surface area contributed by atoms with Gasteiger partial charge in [0.1, 0.15) is 58.5 Å². The van der Waals surface area contributed by atoms with Crippen molar-refractivity contribution in [2.24, 2.45) is 11.7 Å². The summed E-state index contributed by atoms with van der Waals surface area (Å²) in [5.41, 5.74) is 7.61. The highest BCUT2D eigenvalue weighted by Gasteiger charge is 2.50. The van der Waals surface area contributed by atoms with Crippen molar-refractivity contribution in [1.29, 1.82) is 0 Å². The molecule has 0 bridgehead atoms. The number of carbonyl (C=O) groups is 8. The highest BCUT2D eigenvalue weighted by atomic mass is 32.2. The third-order valence-electron chi connectivity index (χ3n) is 15.6. The van der Waals surface area contributed by atoms with Crippen LogP contribution in [0, 0.1) is 5.92 Å². The van der Waals surface area contributed by atoms with E-state index in [4.69, 9.17) is 15.2 Å². The number of aliphatic hydroxyl groups is 7. The zero-order valence-electron chi connectivity index (χ0n) is 47.4. The second-order valence-electron chi connectivity index (χ2n) is 21.9. The number of aromatic nitrogens is 2. The summed E-state index contributed by atoms with van der Waals surface area (Å²) in [7, 11) is 0. The molecule has 1 aromatic heterocycles. The van der Waals surface area contributed by atoms with Crippen LogP contribution in [0.5, 0.6) is 11.5 Å². The first kappa shape index (κ1) is 66.3. The Morgan fingerprint density at radius 2 is 1.40 bits per heavy atom. The van der Waals surface area contributed by atoms with Crippen molar-refractivity contribution in [2.45, 2.75) is 131 Å². The monoisotopic (exact) mass is 1270 g/mol. The van der Waals surface area contributed by atoms with Gasteiger partial charge >= 0.3 is 0 Å². The van der Waals surface area contributed by atoms with Gasteiger partial charge in [-0.2, -0.15) is 0 Å². The number of phenols is 1. The van der Waals surface area contributed by atoms with E-state index >= 15 is 0 Å². The van der Waals surface area contributed by atoms with Gasteiger partial charge in [-0.25, -0.2) is 5.26 Å². The average Bonchev–Trinajstić information content (AvgIpc) is 2.33. The summed E-state index contributed by atoms with van der Waals surface area (Å²) >= 11 is 1.29. The van der Waals surface area contributed by atoms with Crippen LogP contribution < -0.4 is 41.4 Å². The number of hydrogen-bond acceptors (Lipinski definition) is 25. The fourth-order valence-electron chi connectivity index (χ4n) is 10.9. The molecule has 0 saturated carbocycles. The van der Waals surface area contributed by atoms with Gasteiger partial charge in [-0.15, -0.1) is 10.2 Å². The lowest BCUT2D eigenvalue weighted by Crippen LogP contribution is -2.64. The Labute approximate surface area is 510 Å². The summed E-state index contributed by atoms with van der Waals surface area (Å²) in [4.78, 5) is 117. The van der Waals surface area contributed by atoms with Crippen molar-refractivity contribution >= 4 is 76.6 Å². The standard InChI is InChI=1S/C55H69N11O20S2/c1-25-23-66-43(44(25)73)51(80)57-22-32(68)19-34(58-47(76)27-6-8-28(9-7-27)52-62-63-53(87-52)29-10-13-31(14-11-29)64-16-4-3-5-17-64)48(77)59-40(26(2)67)54(81)65-24-33(69)20-35(65)49(78)61-42(50(79)60-41(55(66)82)37(71)21-39(56)72)46(75)45(74)30-12-15-36(70)38(18-30)84-88-86-85-83/h6-15,18,25-26,32-35,37,40-46,67-71,73-75,83H,3-5,16-17,19-24H2,1-2H3,(H2,56,72)(H,57,80)(H,58,76)(H,59,77)(H,60,79)(H,61,78)/t25?,26?,32?,33?,34-,35?,37?,40?,41?,42?,43?,44?,45?,46?/m0/s1. The summed E-state index contributed by atoms with van der Waals surface area (Å²) in [5.74, 6) is -11.9. The highest BCUT2D eigenvalue weighted by Crippen LogP contribution is 2.35. The maximum Gasteiger partial charge on any atom is 0.261 e. The number of benzene rings is 3. The molecule has 476 valence electrons. The molecule has 4 saturated heterocycles. The third-order valence-corrected chi connectivity index (χ3v) is 17.0. The number of nitrogens with two attached hydrogens (primary N) is 1. The van der Waals surface area contributed by atoms with Crippen LogP contribution in [0.2, 0.25) is 0 Å².